The third kappa shape index (κ3) is 2.38. The van der Waals surface area contributed by atoms with E-state index in [1.54, 1.807) is 12.4 Å². The number of pyridine rings is 1. The van der Waals surface area contributed by atoms with Crippen molar-refractivity contribution in [3.63, 3.8) is 0 Å². The summed E-state index contributed by atoms with van der Waals surface area (Å²) in [6, 6.07) is 7.42. The fourth-order valence-electron chi connectivity index (χ4n) is 2.44. The van der Waals surface area contributed by atoms with Crippen LogP contribution < -0.4 is 11.1 Å². The van der Waals surface area contributed by atoms with E-state index in [4.69, 9.17) is 5.73 Å². The largest absolute Gasteiger partial charge is 0.375 e. The molecule has 0 fully saturated rings. The molecule has 7 nitrogen and oxygen atoms in total. The zero-order valence-corrected chi connectivity index (χ0v) is 12.7. The van der Waals surface area contributed by atoms with Crippen LogP contribution in [0.25, 0.3) is 21.1 Å². The zero-order chi connectivity index (χ0) is 15.8. The number of hydrogen-bond donors (Lipinski definition) is 3. The number of H-pyrrole nitrogens is 1. The van der Waals surface area contributed by atoms with E-state index in [-0.39, 0.29) is 5.91 Å². The number of thiazole rings is 1. The van der Waals surface area contributed by atoms with Crippen LogP contribution in [0.2, 0.25) is 0 Å². The normalized spacial score (nSPS) is 11.1. The number of rotatable bonds is 3. The van der Waals surface area contributed by atoms with Crippen molar-refractivity contribution in [3.8, 4) is 0 Å². The number of carbonyl (C=O) groups excluding carboxylic acids is 1. The molecule has 3 aromatic heterocycles. The van der Waals surface area contributed by atoms with Crippen molar-refractivity contribution < 1.29 is 4.79 Å². The maximum atomic E-state index is 12.5. The molecule has 1 aromatic carbocycles. The Kier molecular flexibility index (Phi) is 3.16. The lowest BCUT2D eigenvalue weighted by atomic mass is 10.2. The number of benzene rings is 1. The molecule has 1 amide bonds. The van der Waals surface area contributed by atoms with E-state index in [2.05, 4.69) is 25.5 Å². The second-order valence-electron chi connectivity index (χ2n) is 5.00. The number of nitrogen functional groups attached to an aromatic ring is 1. The Hall–Kier alpha value is -3.00. The fourth-order valence-corrected chi connectivity index (χ4v) is 3.32. The lowest BCUT2D eigenvalue weighted by molar-refractivity contribution is 0.0947. The first-order valence-electron chi connectivity index (χ1n) is 6.92. The Bertz CT molecular complexity index is 1010. The Morgan fingerprint density at radius 3 is 2.91 bits per heavy atom. The number of hydrogen-bond acceptors (Lipinski definition) is 6. The number of amides is 1. The molecule has 0 aliphatic heterocycles. The summed E-state index contributed by atoms with van der Waals surface area (Å²) in [5, 5.41) is 11.1. The lowest BCUT2D eigenvalue weighted by Gasteiger charge is -2.03. The molecule has 0 saturated carbocycles. The van der Waals surface area contributed by atoms with E-state index in [0.29, 0.717) is 17.4 Å². The van der Waals surface area contributed by atoms with Gasteiger partial charge >= 0.3 is 0 Å². The molecule has 0 radical (unpaired) electrons. The Balaban J connectivity index is 1.70. The van der Waals surface area contributed by atoms with Crippen LogP contribution in [0.5, 0.6) is 0 Å². The van der Waals surface area contributed by atoms with Crippen molar-refractivity contribution in [3.05, 3.63) is 47.9 Å². The van der Waals surface area contributed by atoms with Gasteiger partial charge in [-0.25, -0.2) is 4.98 Å². The Labute approximate surface area is 134 Å². The van der Waals surface area contributed by atoms with Gasteiger partial charge in [0.1, 0.15) is 0 Å². The van der Waals surface area contributed by atoms with Crippen molar-refractivity contribution in [2.45, 2.75) is 6.54 Å². The van der Waals surface area contributed by atoms with Gasteiger partial charge in [0.15, 0.2) is 10.8 Å². The number of nitrogens with zero attached hydrogens (tertiary/aromatic N) is 3. The molecule has 0 saturated heterocycles. The summed E-state index contributed by atoms with van der Waals surface area (Å²) < 4.78 is 0.864. The SMILES string of the molecule is Nc1nc2ccc3[nH]nc(C(=O)NCc4ccncc4)c3c2s1. The summed E-state index contributed by atoms with van der Waals surface area (Å²) >= 11 is 1.35. The van der Waals surface area contributed by atoms with Crippen LogP contribution in [-0.4, -0.2) is 26.1 Å². The van der Waals surface area contributed by atoms with Crippen molar-refractivity contribution >= 4 is 43.5 Å². The number of carbonyl (C=O) groups is 1. The second-order valence-corrected chi connectivity index (χ2v) is 6.03. The molecule has 0 unspecified atom stereocenters. The van der Waals surface area contributed by atoms with Crippen LogP contribution in [0, 0.1) is 0 Å². The van der Waals surface area contributed by atoms with Gasteiger partial charge in [-0.05, 0) is 29.8 Å². The first-order chi connectivity index (χ1) is 11.2. The first kappa shape index (κ1) is 13.6. The summed E-state index contributed by atoms with van der Waals surface area (Å²) in [5.74, 6) is -0.243. The molecule has 23 heavy (non-hydrogen) atoms. The molecule has 4 aromatic rings. The minimum atomic E-state index is -0.243. The van der Waals surface area contributed by atoms with Crippen molar-refractivity contribution in [2.24, 2.45) is 0 Å². The first-order valence-corrected chi connectivity index (χ1v) is 7.74. The summed E-state index contributed by atoms with van der Waals surface area (Å²) in [7, 11) is 0. The summed E-state index contributed by atoms with van der Waals surface area (Å²) in [4.78, 5) is 20.7. The zero-order valence-electron chi connectivity index (χ0n) is 11.9. The van der Waals surface area contributed by atoms with Gasteiger partial charge in [0, 0.05) is 18.9 Å². The summed E-state index contributed by atoms with van der Waals surface area (Å²) in [6.45, 7) is 0.413. The van der Waals surface area contributed by atoms with Crippen LogP contribution in [-0.2, 0) is 6.54 Å². The number of aromatic nitrogens is 4. The van der Waals surface area contributed by atoms with E-state index in [0.717, 1.165) is 26.7 Å². The molecule has 0 atom stereocenters. The van der Waals surface area contributed by atoms with E-state index < -0.39 is 0 Å². The average molecular weight is 324 g/mol. The lowest BCUT2D eigenvalue weighted by Crippen LogP contribution is -2.23. The minimum Gasteiger partial charge on any atom is -0.375 e. The highest BCUT2D eigenvalue weighted by molar-refractivity contribution is 7.23. The number of aromatic amines is 1. The van der Waals surface area contributed by atoms with Gasteiger partial charge in [0.05, 0.1) is 21.1 Å². The highest BCUT2D eigenvalue weighted by Crippen LogP contribution is 2.32. The number of nitrogens with two attached hydrogens (primary N) is 1. The molecule has 0 spiro atoms. The molecular formula is C15H12N6OS. The highest BCUT2D eigenvalue weighted by Gasteiger charge is 2.18. The van der Waals surface area contributed by atoms with E-state index in [1.807, 2.05) is 24.3 Å². The van der Waals surface area contributed by atoms with Crippen LogP contribution >= 0.6 is 11.3 Å². The van der Waals surface area contributed by atoms with Gasteiger partial charge in [0.2, 0.25) is 0 Å². The van der Waals surface area contributed by atoms with Gasteiger partial charge in [-0.15, -0.1) is 0 Å². The van der Waals surface area contributed by atoms with Crippen LogP contribution in [0.15, 0.2) is 36.7 Å². The molecule has 114 valence electrons. The quantitative estimate of drug-likeness (QED) is 0.534. The topological polar surface area (TPSA) is 110 Å². The third-order valence-electron chi connectivity index (χ3n) is 3.52. The van der Waals surface area contributed by atoms with E-state index in [9.17, 15) is 4.79 Å². The van der Waals surface area contributed by atoms with Crippen LogP contribution in [0.3, 0.4) is 0 Å². The smallest absolute Gasteiger partial charge is 0.272 e. The Morgan fingerprint density at radius 1 is 1.26 bits per heavy atom. The summed E-state index contributed by atoms with van der Waals surface area (Å²) in [5.41, 5.74) is 8.66. The van der Waals surface area contributed by atoms with Gasteiger partial charge in [-0.3, -0.25) is 14.9 Å². The van der Waals surface area contributed by atoms with Crippen molar-refractivity contribution in [1.82, 2.24) is 25.5 Å². The predicted octanol–water partition coefficient (Wildman–Crippen LogP) is 2.08. The van der Waals surface area contributed by atoms with Crippen molar-refractivity contribution in [1.29, 1.82) is 0 Å². The summed E-state index contributed by atoms with van der Waals surface area (Å²) in [6.07, 6.45) is 3.38. The monoisotopic (exact) mass is 324 g/mol. The predicted molar refractivity (Wildman–Crippen MR) is 89.1 cm³/mol. The molecule has 4 N–H and O–H groups in total. The molecule has 4 rings (SSSR count). The maximum absolute atomic E-state index is 12.5. The van der Waals surface area contributed by atoms with E-state index in [1.165, 1.54) is 11.3 Å². The van der Waals surface area contributed by atoms with Gasteiger partial charge in [-0.2, -0.15) is 5.10 Å². The molecule has 0 bridgehead atoms. The molecule has 8 heteroatoms. The van der Waals surface area contributed by atoms with Crippen LogP contribution in [0.4, 0.5) is 5.13 Å². The number of anilines is 1. The molecule has 0 aliphatic carbocycles. The van der Waals surface area contributed by atoms with Gasteiger partial charge in [0.25, 0.3) is 5.91 Å². The number of fused-ring (bicyclic) bond motifs is 3. The Morgan fingerprint density at radius 2 is 2.09 bits per heavy atom. The highest BCUT2D eigenvalue weighted by atomic mass is 32.1. The minimum absolute atomic E-state index is 0.243. The van der Waals surface area contributed by atoms with Gasteiger partial charge < -0.3 is 11.1 Å². The van der Waals surface area contributed by atoms with Crippen LogP contribution in [0.1, 0.15) is 16.1 Å². The fraction of sp³-hybridized carbons (Fsp3) is 0.0667. The van der Waals surface area contributed by atoms with Crippen molar-refractivity contribution in [2.75, 3.05) is 5.73 Å². The standard InChI is InChI=1S/C15H12N6OS/c16-15-19-10-2-1-9-11(13(10)23-15)12(21-20-9)14(22)18-7-8-3-5-17-6-4-8/h1-6H,7H2,(H2,16,19)(H,18,22)(H,20,21). The third-order valence-corrected chi connectivity index (χ3v) is 4.43. The molecular weight excluding hydrogens is 312 g/mol. The maximum Gasteiger partial charge on any atom is 0.272 e. The second kappa shape index (κ2) is 5.33. The van der Waals surface area contributed by atoms with E-state index >= 15 is 0 Å². The molecule has 3 heterocycles. The molecule has 0 aliphatic rings. The number of nitrogens with one attached hydrogen (secondary N) is 2. The average Bonchev–Trinajstić information content (AvgIpc) is 3.15. The van der Waals surface area contributed by atoms with Gasteiger partial charge in [-0.1, -0.05) is 11.3 Å².